The van der Waals surface area contributed by atoms with Gasteiger partial charge in [-0.05, 0) is 12.2 Å². The molecule has 0 N–H and O–H groups in total. The van der Waals surface area contributed by atoms with Crippen molar-refractivity contribution >= 4 is 23.2 Å². The van der Waals surface area contributed by atoms with Crippen LogP contribution in [-0.4, -0.2) is 53.1 Å². The SMILES string of the molecule is FC(F)(F)C(F)(F)C(F)(F)C(N=C=S)=NC(F)(F)C(F)(F)C(F)(F)C(F)(F)F. The zero-order valence-electron chi connectivity index (χ0n) is 11.9. The molecule has 0 bridgehead atoms. The molecule has 0 aromatic heterocycles. The first-order valence-electron chi connectivity index (χ1n) is 5.62. The van der Waals surface area contributed by atoms with Crippen molar-refractivity contribution < 1.29 is 70.2 Å². The van der Waals surface area contributed by atoms with E-state index in [9.17, 15) is 70.2 Å². The van der Waals surface area contributed by atoms with Gasteiger partial charge >= 0.3 is 42.1 Å². The van der Waals surface area contributed by atoms with Gasteiger partial charge in [0.25, 0.3) is 0 Å². The lowest BCUT2D eigenvalue weighted by Crippen LogP contribution is -2.61. The highest BCUT2D eigenvalue weighted by atomic mass is 32.1. The van der Waals surface area contributed by atoms with E-state index in [1.54, 1.807) is 0 Å². The largest absolute Gasteiger partial charge is 0.460 e. The van der Waals surface area contributed by atoms with E-state index >= 15 is 0 Å². The van der Waals surface area contributed by atoms with E-state index in [-0.39, 0.29) is 0 Å². The highest BCUT2D eigenvalue weighted by Crippen LogP contribution is 2.54. The van der Waals surface area contributed by atoms with Gasteiger partial charge in [-0.1, -0.05) is 0 Å². The van der Waals surface area contributed by atoms with Gasteiger partial charge in [0.15, 0.2) is 0 Å². The van der Waals surface area contributed by atoms with Gasteiger partial charge in [-0.15, -0.1) is 0 Å². The fourth-order valence-electron chi connectivity index (χ4n) is 1.10. The molecule has 2 nitrogen and oxygen atoms in total. The lowest BCUT2D eigenvalue weighted by Gasteiger charge is -2.32. The summed E-state index contributed by atoms with van der Waals surface area (Å²) in [6.45, 7) is 0. The number of nitrogens with zero attached hydrogens (tertiary/aromatic N) is 2. The van der Waals surface area contributed by atoms with Crippen LogP contribution in [0.5, 0.6) is 0 Å². The van der Waals surface area contributed by atoms with Gasteiger partial charge in [-0.25, -0.2) is 0 Å². The third kappa shape index (κ3) is 4.04. The average Bonchev–Trinajstić information content (AvgIpc) is 2.43. The Morgan fingerprint density at radius 2 is 0.929 bits per heavy atom. The third-order valence-electron chi connectivity index (χ3n) is 2.56. The fraction of sp³-hybridized carbons (Fsp3) is 0.778. The molecule has 28 heavy (non-hydrogen) atoms. The molecule has 0 aromatic carbocycles. The van der Waals surface area contributed by atoms with Gasteiger partial charge in [-0.2, -0.15) is 80.2 Å². The Morgan fingerprint density at radius 1 is 0.571 bits per heavy atom. The molecule has 0 aliphatic carbocycles. The Labute approximate surface area is 146 Å². The van der Waals surface area contributed by atoms with Crippen LogP contribution in [0.1, 0.15) is 0 Å². The van der Waals surface area contributed by atoms with Crippen LogP contribution in [0.4, 0.5) is 70.2 Å². The smallest absolute Gasteiger partial charge is 0.190 e. The summed E-state index contributed by atoms with van der Waals surface area (Å²) < 4.78 is 201. The summed E-state index contributed by atoms with van der Waals surface area (Å²) in [6.07, 6.45) is -14.7. The van der Waals surface area contributed by atoms with E-state index in [0.717, 1.165) is 0 Å². The summed E-state index contributed by atoms with van der Waals surface area (Å²) in [5.74, 6) is -33.8. The molecule has 0 unspecified atom stereocenters. The van der Waals surface area contributed by atoms with Crippen LogP contribution in [-0.2, 0) is 0 Å². The minimum Gasteiger partial charge on any atom is -0.190 e. The number of aliphatic imine (C=N–C) groups is 2. The fourth-order valence-corrected chi connectivity index (χ4v) is 1.18. The maximum atomic E-state index is 13.2. The average molecular weight is 472 g/mol. The zero-order chi connectivity index (χ0) is 23.2. The first-order valence-corrected chi connectivity index (χ1v) is 6.03. The van der Waals surface area contributed by atoms with E-state index in [1.807, 2.05) is 0 Å². The van der Waals surface area contributed by atoms with E-state index in [2.05, 4.69) is 12.2 Å². The van der Waals surface area contributed by atoms with Crippen molar-refractivity contribution in [3.05, 3.63) is 0 Å². The first kappa shape index (κ1) is 26.3. The molecular formula is C9F16N2S. The normalized spacial score (nSPS) is 16.1. The summed E-state index contributed by atoms with van der Waals surface area (Å²) in [5, 5.41) is 0.449. The highest BCUT2D eigenvalue weighted by molar-refractivity contribution is 7.78. The lowest BCUT2D eigenvalue weighted by atomic mass is 10.1. The molecule has 0 radical (unpaired) electrons. The van der Waals surface area contributed by atoms with Gasteiger partial charge in [-0.3, -0.25) is 0 Å². The summed E-state index contributed by atoms with van der Waals surface area (Å²) in [5.41, 5.74) is 0. The van der Waals surface area contributed by atoms with Gasteiger partial charge < -0.3 is 0 Å². The quantitative estimate of drug-likeness (QED) is 0.165. The van der Waals surface area contributed by atoms with Crippen molar-refractivity contribution in [1.82, 2.24) is 0 Å². The number of halogens is 16. The van der Waals surface area contributed by atoms with Gasteiger partial charge in [0, 0.05) is 0 Å². The molecule has 164 valence electrons. The molecule has 19 heteroatoms. The first-order chi connectivity index (χ1) is 11.9. The van der Waals surface area contributed by atoms with Crippen molar-refractivity contribution in [3.63, 3.8) is 0 Å². The maximum absolute atomic E-state index is 13.2. The van der Waals surface area contributed by atoms with Gasteiger partial charge in [0.2, 0.25) is 5.84 Å². The van der Waals surface area contributed by atoms with E-state index in [1.165, 1.54) is 4.99 Å². The molecule has 0 saturated carbocycles. The third-order valence-corrected chi connectivity index (χ3v) is 2.65. The summed E-state index contributed by atoms with van der Waals surface area (Å²) in [7, 11) is 0. The number of hydrogen-bond acceptors (Lipinski definition) is 2. The molecule has 0 atom stereocenters. The number of hydrogen-bond donors (Lipinski definition) is 0. The number of isothiocyanates is 1. The number of alkyl halides is 16. The molecule has 0 heterocycles. The van der Waals surface area contributed by atoms with Crippen LogP contribution in [0.2, 0.25) is 0 Å². The predicted molar refractivity (Wildman–Crippen MR) is 59.3 cm³/mol. The lowest BCUT2D eigenvalue weighted by molar-refractivity contribution is -0.394. The molecule has 0 aliphatic heterocycles. The van der Waals surface area contributed by atoms with Crippen LogP contribution >= 0.6 is 12.2 Å². The van der Waals surface area contributed by atoms with E-state index in [4.69, 9.17) is 0 Å². The van der Waals surface area contributed by atoms with Crippen molar-refractivity contribution in [2.45, 2.75) is 42.1 Å². The Bertz CT molecular complexity index is 665. The standard InChI is InChI=1S/C9F16N2S/c10-3(11,4(12,13)7(18,19)20)2(26-1-28)27-9(24,25)6(16,17)5(14,15)8(21,22)23. The molecule has 0 rings (SSSR count). The van der Waals surface area contributed by atoms with Crippen molar-refractivity contribution in [3.8, 4) is 0 Å². The van der Waals surface area contributed by atoms with E-state index in [0.29, 0.717) is 10.2 Å². The van der Waals surface area contributed by atoms with Crippen LogP contribution < -0.4 is 0 Å². The number of thiocarbonyl (C=S) groups is 1. The van der Waals surface area contributed by atoms with E-state index < -0.39 is 47.9 Å². The van der Waals surface area contributed by atoms with Crippen LogP contribution in [0.25, 0.3) is 0 Å². The Morgan fingerprint density at radius 3 is 1.21 bits per heavy atom. The molecule has 0 aromatic rings. The topological polar surface area (TPSA) is 24.7 Å². The maximum Gasteiger partial charge on any atom is 0.460 e. The molecule has 0 spiro atoms. The second-order valence-electron chi connectivity index (χ2n) is 4.47. The molecule has 0 aliphatic rings. The van der Waals surface area contributed by atoms with Crippen LogP contribution in [0.3, 0.4) is 0 Å². The second kappa shape index (κ2) is 7.00. The van der Waals surface area contributed by atoms with Crippen molar-refractivity contribution in [1.29, 1.82) is 0 Å². The molecule has 0 amide bonds. The number of amidine groups is 1. The van der Waals surface area contributed by atoms with Crippen LogP contribution in [0.15, 0.2) is 9.98 Å². The predicted octanol–water partition coefficient (Wildman–Crippen LogP) is 5.75. The zero-order valence-corrected chi connectivity index (χ0v) is 12.7. The van der Waals surface area contributed by atoms with Gasteiger partial charge in [0.05, 0.1) is 5.16 Å². The van der Waals surface area contributed by atoms with Crippen molar-refractivity contribution in [2.75, 3.05) is 0 Å². The highest BCUT2D eigenvalue weighted by Gasteiger charge is 2.83. The summed E-state index contributed by atoms with van der Waals surface area (Å²) in [6, 6.07) is -7.32. The monoisotopic (exact) mass is 472 g/mol. The second-order valence-corrected chi connectivity index (χ2v) is 4.66. The Hall–Kier alpha value is -1.65. The summed E-state index contributed by atoms with van der Waals surface area (Å²) >= 11 is 3.41. The molecule has 0 fully saturated rings. The molecule has 0 saturated heterocycles. The van der Waals surface area contributed by atoms with Crippen LogP contribution in [0, 0.1) is 0 Å². The van der Waals surface area contributed by atoms with Crippen molar-refractivity contribution in [2.24, 2.45) is 9.98 Å². The number of rotatable bonds is 5. The Kier molecular flexibility index (Phi) is 6.58. The molecular weight excluding hydrogens is 472 g/mol. The summed E-state index contributed by atoms with van der Waals surface area (Å²) in [4.78, 5) is 1.99. The van der Waals surface area contributed by atoms with Gasteiger partial charge in [0.1, 0.15) is 0 Å². The minimum absolute atomic E-state index is 0.449. The Balaban J connectivity index is 6.74. The minimum atomic E-state index is -7.73.